The predicted octanol–water partition coefficient (Wildman–Crippen LogP) is 3.23. The van der Waals surface area contributed by atoms with Crippen LogP contribution in [0.4, 0.5) is 0 Å². The minimum absolute atomic E-state index is 0.0457. The van der Waals surface area contributed by atoms with Crippen LogP contribution in [0.15, 0.2) is 48.5 Å². The molecule has 24 heavy (non-hydrogen) atoms. The Balaban J connectivity index is 1.76. The molecule has 0 saturated carbocycles. The highest BCUT2D eigenvalue weighted by atomic mass is 35.5. The number of Topliss-reactive ketones (excluding diaryl/α,β-unsaturated/α-hetero) is 1. The molecule has 1 amide bonds. The Morgan fingerprint density at radius 3 is 2.21 bits per heavy atom. The molecule has 2 rings (SSSR count). The lowest BCUT2D eigenvalue weighted by Crippen LogP contribution is -2.31. The van der Waals surface area contributed by atoms with Gasteiger partial charge in [-0.3, -0.25) is 9.59 Å². The third-order valence-electron chi connectivity index (χ3n) is 3.88. The van der Waals surface area contributed by atoms with Gasteiger partial charge in [-0.2, -0.15) is 0 Å². The van der Waals surface area contributed by atoms with E-state index >= 15 is 0 Å². The average Bonchev–Trinajstić information content (AvgIpc) is 2.58. The molecule has 5 heteroatoms. The summed E-state index contributed by atoms with van der Waals surface area (Å²) in [6, 6.07) is 14.4. The van der Waals surface area contributed by atoms with Crippen LogP contribution >= 0.6 is 11.6 Å². The first-order valence-electron chi connectivity index (χ1n) is 7.86. The van der Waals surface area contributed by atoms with Gasteiger partial charge in [-0.05, 0) is 61.7 Å². The molecule has 126 valence electrons. The fourth-order valence-electron chi connectivity index (χ4n) is 2.33. The zero-order valence-electron chi connectivity index (χ0n) is 13.6. The fourth-order valence-corrected chi connectivity index (χ4v) is 2.45. The van der Waals surface area contributed by atoms with Crippen LogP contribution in [0.1, 0.15) is 39.6 Å². The van der Waals surface area contributed by atoms with Gasteiger partial charge in [0.15, 0.2) is 5.78 Å². The molecule has 1 atom stereocenters. The van der Waals surface area contributed by atoms with E-state index in [2.05, 4.69) is 5.32 Å². The highest BCUT2D eigenvalue weighted by Crippen LogP contribution is 2.10. The molecule has 0 fully saturated rings. The number of rotatable bonds is 8. The Labute approximate surface area is 147 Å². The van der Waals surface area contributed by atoms with E-state index < -0.39 is 5.91 Å². The zero-order chi connectivity index (χ0) is 17.5. The van der Waals surface area contributed by atoms with Crippen LogP contribution in [-0.2, 0) is 6.42 Å². The summed E-state index contributed by atoms with van der Waals surface area (Å²) in [7, 11) is 0. The summed E-state index contributed by atoms with van der Waals surface area (Å²) < 4.78 is 0. The largest absolute Gasteiger partial charge is 0.366 e. The van der Waals surface area contributed by atoms with Crippen LogP contribution in [0.25, 0.3) is 0 Å². The summed E-state index contributed by atoms with van der Waals surface area (Å²) in [5.41, 5.74) is 7.52. The van der Waals surface area contributed by atoms with E-state index in [1.807, 2.05) is 19.1 Å². The maximum absolute atomic E-state index is 12.1. The number of halogens is 1. The van der Waals surface area contributed by atoms with E-state index in [9.17, 15) is 9.59 Å². The van der Waals surface area contributed by atoms with Crippen LogP contribution in [0, 0.1) is 0 Å². The van der Waals surface area contributed by atoms with Gasteiger partial charge in [0.05, 0.1) is 6.54 Å². The van der Waals surface area contributed by atoms with Crippen molar-refractivity contribution in [3.8, 4) is 0 Å². The number of carbonyl (C=O) groups is 2. The number of hydrogen-bond donors (Lipinski definition) is 2. The normalized spacial score (nSPS) is 11.9. The first-order valence-corrected chi connectivity index (χ1v) is 8.24. The molecule has 0 aliphatic carbocycles. The predicted molar refractivity (Wildman–Crippen MR) is 96.5 cm³/mol. The van der Waals surface area contributed by atoms with E-state index in [0.717, 1.165) is 18.4 Å². The monoisotopic (exact) mass is 344 g/mol. The fraction of sp³-hybridized carbons (Fsp3) is 0.263. The summed E-state index contributed by atoms with van der Waals surface area (Å²) in [6.45, 7) is 2.34. The lowest BCUT2D eigenvalue weighted by molar-refractivity contribution is 0.0983. The SMILES string of the molecule is C[C@H](CCc1ccc(C(N)=O)cc1)NCC(=O)c1ccc(Cl)cc1. The molecule has 3 N–H and O–H groups in total. The van der Waals surface area contributed by atoms with E-state index in [1.165, 1.54) is 0 Å². The van der Waals surface area contributed by atoms with Crippen LogP contribution < -0.4 is 11.1 Å². The van der Waals surface area contributed by atoms with Crippen molar-refractivity contribution in [2.24, 2.45) is 5.73 Å². The van der Waals surface area contributed by atoms with E-state index in [4.69, 9.17) is 17.3 Å². The van der Waals surface area contributed by atoms with Gasteiger partial charge in [0.2, 0.25) is 5.91 Å². The van der Waals surface area contributed by atoms with Crippen LogP contribution in [0.2, 0.25) is 5.02 Å². The molecule has 2 aromatic rings. The number of hydrogen-bond acceptors (Lipinski definition) is 3. The molecule has 0 aliphatic rings. The van der Waals surface area contributed by atoms with Crippen molar-refractivity contribution in [1.82, 2.24) is 5.32 Å². The number of ketones is 1. The maximum Gasteiger partial charge on any atom is 0.248 e. The number of benzene rings is 2. The van der Waals surface area contributed by atoms with Gasteiger partial charge in [0.1, 0.15) is 0 Å². The van der Waals surface area contributed by atoms with Gasteiger partial charge in [-0.1, -0.05) is 23.7 Å². The maximum atomic E-state index is 12.1. The highest BCUT2D eigenvalue weighted by molar-refractivity contribution is 6.30. The number of primary amides is 1. The number of aryl methyl sites for hydroxylation is 1. The second-order valence-corrected chi connectivity index (χ2v) is 6.25. The van der Waals surface area contributed by atoms with Crippen molar-refractivity contribution in [1.29, 1.82) is 0 Å². The molecule has 0 spiro atoms. The Hall–Kier alpha value is -2.17. The van der Waals surface area contributed by atoms with Crippen molar-refractivity contribution in [2.45, 2.75) is 25.8 Å². The summed E-state index contributed by atoms with van der Waals surface area (Å²) in [6.07, 6.45) is 1.76. The average molecular weight is 345 g/mol. The molecule has 0 aliphatic heterocycles. The molecule has 0 aromatic heterocycles. The van der Waals surface area contributed by atoms with Gasteiger partial charge in [-0.25, -0.2) is 0 Å². The van der Waals surface area contributed by atoms with Gasteiger partial charge in [-0.15, -0.1) is 0 Å². The van der Waals surface area contributed by atoms with Gasteiger partial charge < -0.3 is 11.1 Å². The third-order valence-corrected chi connectivity index (χ3v) is 4.13. The summed E-state index contributed by atoms with van der Waals surface area (Å²) in [5, 5.41) is 3.86. The lowest BCUT2D eigenvalue weighted by Gasteiger charge is -2.13. The Morgan fingerprint density at radius 2 is 1.62 bits per heavy atom. The summed E-state index contributed by atoms with van der Waals surface area (Å²) >= 11 is 5.82. The van der Waals surface area contributed by atoms with Crippen LogP contribution in [0.5, 0.6) is 0 Å². The molecular weight excluding hydrogens is 324 g/mol. The zero-order valence-corrected chi connectivity index (χ0v) is 14.3. The quantitative estimate of drug-likeness (QED) is 0.722. The smallest absolute Gasteiger partial charge is 0.248 e. The minimum Gasteiger partial charge on any atom is -0.366 e. The standard InChI is InChI=1S/C19H21ClN2O2/c1-13(2-3-14-4-6-16(7-5-14)19(21)24)22-12-18(23)15-8-10-17(20)11-9-15/h4-11,13,22H,2-3,12H2,1H3,(H2,21,24)/t13-/m1/s1. The molecule has 0 radical (unpaired) electrons. The molecule has 0 heterocycles. The van der Waals surface area contributed by atoms with Crippen molar-refractivity contribution < 1.29 is 9.59 Å². The molecular formula is C19H21ClN2O2. The van der Waals surface area contributed by atoms with E-state index in [-0.39, 0.29) is 11.8 Å². The molecule has 0 unspecified atom stereocenters. The first kappa shape index (κ1) is 18.2. The van der Waals surface area contributed by atoms with Crippen molar-refractivity contribution in [3.63, 3.8) is 0 Å². The topological polar surface area (TPSA) is 72.2 Å². The molecule has 2 aromatic carbocycles. The second kappa shape index (κ2) is 8.62. The van der Waals surface area contributed by atoms with Crippen LogP contribution in [-0.4, -0.2) is 24.3 Å². The van der Waals surface area contributed by atoms with Gasteiger partial charge in [0.25, 0.3) is 0 Å². The lowest BCUT2D eigenvalue weighted by atomic mass is 10.0. The van der Waals surface area contributed by atoms with E-state index in [1.54, 1.807) is 36.4 Å². The highest BCUT2D eigenvalue weighted by Gasteiger charge is 2.08. The number of amides is 1. The number of nitrogens with one attached hydrogen (secondary N) is 1. The Morgan fingerprint density at radius 1 is 1.04 bits per heavy atom. The van der Waals surface area contributed by atoms with Crippen molar-refractivity contribution in [3.05, 3.63) is 70.2 Å². The number of carbonyl (C=O) groups excluding carboxylic acids is 2. The summed E-state index contributed by atoms with van der Waals surface area (Å²) in [4.78, 5) is 23.1. The Bertz CT molecular complexity index is 696. The number of nitrogens with two attached hydrogens (primary N) is 1. The van der Waals surface area contributed by atoms with Gasteiger partial charge in [0, 0.05) is 22.2 Å². The van der Waals surface area contributed by atoms with Gasteiger partial charge >= 0.3 is 0 Å². The molecule has 4 nitrogen and oxygen atoms in total. The molecule has 0 saturated heterocycles. The van der Waals surface area contributed by atoms with Crippen molar-refractivity contribution >= 4 is 23.3 Å². The summed E-state index contributed by atoms with van der Waals surface area (Å²) in [5.74, 6) is -0.373. The molecule has 0 bridgehead atoms. The van der Waals surface area contributed by atoms with Crippen molar-refractivity contribution in [2.75, 3.05) is 6.54 Å². The minimum atomic E-state index is -0.419. The Kier molecular flexibility index (Phi) is 6.53. The second-order valence-electron chi connectivity index (χ2n) is 5.81. The third kappa shape index (κ3) is 5.48. The van der Waals surface area contributed by atoms with E-state index in [0.29, 0.717) is 22.7 Å². The van der Waals surface area contributed by atoms with Crippen LogP contribution in [0.3, 0.4) is 0 Å². The first-order chi connectivity index (χ1) is 11.5.